The standard InChI is InChI=1S/C15H19ClN2O/c1-3-9-18-15(13-7-8-14(16)19-13)11(2)12-6-4-5-10-17-12/h4-8,10-11,15,18H,3,9H2,1-2H3. The van der Waals surface area contributed by atoms with Crippen LogP contribution in [0.1, 0.15) is 43.7 Å². The molecule has 0 saturated heterocycles. The Balaban J connectivity index is 2.22. The Hall–Kier alpha value is -1.32. The molecule has 0 spiro atoms. The highest BCUT2D eigenvalue weighted by molar-refractivity contribution is 6.28. The van der Waals surface area contributed by atoms with E-state index in [1.54, 1.807) is 6.07 Å². The molecular weight excluding hydrogens is 260 g/mol. The molecule has 0 fully saturated rings. The zero-order valence-electron chi connectivity index (χ0n) is 11.3. The summed E-state index contributed by atoms with van der Waals surface area (Å²) in [5.74, 6) is 1.08. The molecule has 3 nitrogen and oxygen atoms in total. The molecule has 2 unspecified atom stereocenters. The van der Waals surface area contributed by atoms with Gasteiger partial charge in [0.25, 0.3) is 0 Å². The molecule has 0 aliphatic carbocycles. The molecule has 102 valence electrons. The van der Waals surface area contributed by atoms with E-state index in [4.69, 9.17) is 16.0 Å². The predicted octanol–water partition coefficient (Wildman–Crippen LogP) is 4.17. The lowest BCUT2D eigenvalue weighted by atomic mass is 9.95. The predicted molar refractivity (Wildman–Crippen MR) is 77.4 cm³/mol. The van der Waals surface area contributed by atoms with E-state index in [-0.39, 0.29) is 12.0 Å². The van der Waals surface area contributed by atoms with Gasteiger partial charge in [-0.05, 0) is 48.8 Å². The number of hydrogen-bond acceptors (Lipinski definition) is 3. The zero-order chi connectivity index (χ0) is 13.7. The van der Waals surface area contributed by atoms with Crippen LogP contribution in [0.3, 0.4) is 0 Å². The number of rotatable bonds is 6. The smallest absolute Gasteiger partial charge is 0.193 e. The fourth-order valence-electron chi connectivity index (χ4n) is 2.14. The lowest BCUT2D eigenvalue weighted by Gasteiger charge is -2.23. The zero-order valence-corrected chi connectivity index (χ0v) is 12.0. The Morgan fingerprint density at radius 2 is 2.16 bits per heavy atom. The van der Waals surface area contributed by atoms with Crippen LogP contribution in [-0.4, -0.2) is 11.5 Å². The minimum absolute atomic E-state index is 0.0855. The lowest BCUT2D eigenvalue weighted by Crippen LogP contribution is -2.26. The topological polar surface area (TPSA) is 38.1 Å². The normalized spacial score (nSPS) is 14.3. The maximum Gasteiger partial charge on any atom is 0.193 e. The van der Waals surface area contributed by atoms with E-state index in [2.05, 4.69) is 24.1 Å². The maximum absolute atomic E-state index is 5.88. The van der Waals surface area contributed by atoms with Gasteiger partial charge in [0.15, 0.2) is 5.22 Å². The maximum atomic E-state index is 5.88. The van der Waals surface area contributed by atoms with Gasteiger partial charge in [-0.15, -0.1) is 0 Å². The summed E-state index contributed by atoms with van der Waals surface area (Å²) in [6.45, 7) is 5.22. The number of aromatic nitrogens is 1. The molecule has 0 radical (unpaired) electrons. The molecule has 0 amide bonds. The molecule has 2 aromatic rings. The average molecular weight is 279 g/mol. The monoisotopic (exact) mass is 278 g/mol. The van der Waals surface area contributed by atoms with Crippen molar-refractivity contribution in [2.45, 2.75) is 32.2 Å². The Morgan fingerprint density at radius 3 is 2.74 bits per heavy atom. The van der Waals surface area contributed by atoms with E-state index >= 15 is 0 Å². The van der Waals surface area contributed by atoms with Gasteiger partial charge in [0, 0.05) is 17.8 Å². The van der Waals surface area contributed by atoms with Crippen LogP contribution in [-0.2, 0) is 0 Å². The Kier molecular flexibility index (Phi) is 5.00. The summed E-state index contributed by atoms with van der Waals surface area (Å²) in [6, 6.07) is 9.76. The molecule has 2 heterocycles. The minimum atomic E-state index is 0.0855. The Morgan fingerprint density at radius 1 is 1.32 bits per heavy atom. The van der Waals surface area contributed by atoms with Crippen molar-refractivity contribution < 1.29 is 4.42 Å². The fraction of sp³-hybridized carbons (Fsp3) is 0.400. The van der Waals surface area contributed by atoms with Crippen LogP contribution < -0.4 is 5.32 Å². The van der Waals surface area contributed by atoms with Gasteiger partial charge >= 0.3 is 0 Å². The van der Waals surface area contributed by atoms with Crippen molar-refractivity contribution in [3.05, 3.63) is 53.2 Å². The molecule has 2 rings (SSSR count). The van der Waals surface area contributed by atoms with Crippen LogP contribution in [0.25, 0.3) is 0 Å². The van der Waals surface area contributed by atoms with Gasteiger partial charge in [0.1, 0.15) is 5.76 Å². The van der Waals surface area contributed by atoms with Gasteiger partial charge in [0.05, 0.1) is 6.04 Å². The first kappa shape index (κ1) is 14.1. The minimum Gasteiger partial charge on any atom is -0.448 e. The van der Waals surface area contributed by atoms with Crippen molar-refractivity contribution >= 4 is 11.6 Å². The first-order valence-corrected chi connectivity index (χ1v) is 6.99. The second kappa shape index (κ2) is 6.73. The van der Waals surface area contributed by atoms with Gasteiger partial charge in [-0.3, -0.25) is 4.98 Å². The highest BCUT2D eigenvalue weighted by atomic mass is 35.5. The molecule has 0 aliphatic rings. The van der Waals surface area contributed by atoms with Crippen molar-refractivity contribution in [3.8, 4) is 0 Å². The molecule has 19 heavy (non-hydrogen) atoms. The van der Waals surface area contributed by atoms with E-state index in [9.17, 15) is 0 Å². The van der Waals surface area contributed by atoms with Crippen LogP contribution in [0, 0.1) is 0 Å². The highest BCUT2D eigenvalue weighted by Crippen LogP contribution is 2.31. The van der Waals surface area contributed by atoms with E-state index in [0.717, 1.165) is 24.4 Å². The van der Waals surface area contributed by atoms with Crippen LogP contribution >= 0.6 is 11.6 Å². The second-order valence-electron chi connectivity index (χ2n) is 4.62. The molecule has 2 atom stereocenters. The molecule has 4 heteroatoms. The molecule has 0 aromatic carbocycles. The van der Waals surface area contributed by atoms with E-state index in [1.165, 1.54) is 0 Å². The molecule has 2 aromatic heterocycles. The Bertz CT molecular complexity index is 498. The van der Waals surface area contributed by atoms with E-state index in [1.807, 2.05) is 30.5 Å². The van der Waals surface area contributed by atoms with Gasteiger partial charge < -0.3 is 9.73 Å². The van der Waals surface area contributed by atoms with Gasteiger partial charge in [-0.1, -0.05) is 19.9 Å². The third-order valence-corrected chi connectivity index (χ3v) is 3.37. The largest absolute Gasteiger partial charge is 0.448 e. The summed E-state index contributed by atoms with van der Waals surface area (Å²) in [5, 5.41) is 3.93. The van der Waals surface area contributed by atoms with Crippen molar-refractivity contribution in [1.82, 2.24) is 10.3 Å². The van der Waals surface area contributed by atoms with Crippen LogP contribution in [0.15, 0.2) is 40.9 Å². The first-order valence-electron chi connectivity index (χ1n) is 6.62. The first-order chi connectivity index (χ1) is 9.22. The molecular formula is C15H19ClN2O. The lowest BCUT2D eigenvalue weighted by molar-refractivity contribution is 0.374. The fourth-order valence-corrected chi connectivity index (χ4v) is 2.29. The quantitative estimate of drug-likeness (QED) is 0.862. The van der Waals surface area contributed by atoms with Crippen molar-refractivity contribution in [1.29, 1.82) is 0 Å². The number of nitrogens with zero attached hydrogens (tertiary/aromatic N) is 1. The third-order valence-electron chi connectivity index (χ3n) is 3.17. The SMILES string of the molecule is CCCNC(c1ccc(Cl)o1)C(C)c1ccccn1. The highest BCUT2D eigenvalue weighted by Gasteiger charge is 2.24. The summed E-state index contributed by atoms with van der Waals surface area (Å²) in [5.41, 5.74) is 1.05. The summed E-state index contributed by atoms with van der Waals surface area (Å²) in [6.07, 6.45) is 2.89. The third kappa shape index (κ3) is 3.58. The molecule has 1 N–H and O–H groups in total. The van der Waals surface area contributed by atoms with Gasteiger partial charge in [0.2, 0.25) is 0 Å². The summed E-state index contributed by atoms with van der Waals surface area (Å²) in [4.78, 5) is 4.43. The van der Waals surface area contributed by atoms with Crippen LogP contribution in [0.4, 0.5) is 0 Å². The van der Waals surface area contributed by atoms with Crippen molar-refractivity contribution in [2.75, 3.05) is 6.54 Å². The average Bonchev–Trinajstić information content (AvgIpc) is 2.86. The van der Waals surface area contributed by atoms with Gasteiger partial charge in [-0.25, -0.2) is 0 Å². The number of furan rings is 1. The van der Waals surface area contributed by atoms with Gasteiger partial charge in [-0.2, -0.15) is 0 Å². The van der Waals surface area contributed by atoms with E-state index in [0.29, 0.717) is 5.22 Å². The number of pyridine rings is 1. The van der Waals surface area contributed by atoms with Crippen LogP contribution in [0.5, 0.6) is 0 Å². The summed E-state index contributed by atoms with van der Waals surface area (Å²) in [7, 11) is 0. The second-order valence-corrected chi connectivity index (χ2v) is 4.99. The summed E-state index contributed by atoms with van der Waals surface area (Å²) < 4.78 is 5.56. The number of nitrogens with one attached hydrogen (secondary N) is 1. The van der Waals surface area contributed by atoms with Crippen molar-refractivity contribution in [3.63, 3.8) is 0 Å². The number of hydrogen-bond donors (Lipinski definition) is 1. The Labute approximate surface area is 119 Å². The van der Waals surface area contributed by atoms with Crippen LogP contribution in [0.2, 0.25) is 5.22 Å². The number of halogens is 1. The van der Waals surface area contributed by atoms with E-state index < -0.39 is 0 Å². The summed E-state index contributed by atoms with van der Waals surface area (Å²) >= 11 is 5.88. The van der Waals surface area contributed by atoms with Crippen molar-refractivity contribution in [2.24, 2.45) is 0 Å². The molecule has 0 bridgehead atoms. The molecule has 0 aliphatic heterocycles. The molecule has 0 saturated carbocycles.